The summed E-state index contributed by atoms with van der Waals surface area (Å²) < 4.78 is 18.6. The molecule has 1 heterocycles. The van der Waals surface area contributed by atoms with E-state index in [1.54, 1.807) is 36.5 Å². The molecule has 2 N–H and O–H groups in total. The highest BCUT2D eigenvalue weighted by Crippen LogP contribution is 2.10. The van der Waals surface area contributed by atoms with Crippen molar-refractivity contribution < 1.29 is 9.13 Å². The third-order valence-corrected chi connectivity index (χ3v) is 2.31. The van der Waals surface area contributed by atoms with Gasteiger partial charge >= 0.3 is 0 Å². The van der Waals surface area contributed by atoms with E-state index in [0.29, 0.717) is 17.9 Å². The van der Waals surface area contributed by atoms with Gasteiger partial charge in [-0.15, -0.1) is 0 Å². The summed E-state index contributed by atoms with van der Waals surface area (Å²) in [5, 5.41) is 0. The molecule has 2 aromatic rings. The lowest BCUT2D eigenvalue weighted by molar-refractivity contribution is 0.102. The summed E-state index contributed by atoms with van der Waals surface area (Å²) in [6.45, 7) is 0.544. The molecule has 0 atom stereocenters. The molecule has 0 aliphatic heterocycles. The zero-order chi connectivity index (χ0) is 12.1. The van der Waals surface area contributed by atoms with Crippen LogP contribution in [0.25, 0.3) is 0 Å². The van der Waals surface area contributed by atoms with Gasteiger partial charge in [-0.05, 0) is 18.2 Å². The van der Waals surface area contributed by atoms with Crippen molar-refractivity contribution in [2.75, 3.05) is 5.73 Å². The second-order valence-electron chi connectivity index (χ2n) is 3.66. The first-order valence-electron chi connectivity index (χ1n) is 5.27. The number of ether oxygens (including phenoxy) is 1. The molecular formula is C13H13FN2O. The second kappa shape index (κ2) is 5.41. The number of rotatable bonds is 4. The first-order chi connectivity index (χ1) is 8.25. The molecule has 0 spiro atoms. The Bertz CT molecular complexity index is 502. The Labute approximate surface area is 99.1 Å². The minimum absolute atomic E-state index is 0.225. The predicted molar refractivity (Wildman–Crippen MR) is 63.5 cm³/mol. The van der Waals surface area contributed by atoms with Gasteiger partial charge in [-0.1, -0.05) is 18.2 Å². The lowest BCUT2D eigenvalue weighted by Crippen LogP contribution is -1.99. The van der Waals surface area contributed by atoms with Crippen LogP contribution < -0.4 is 5.73 Å². The summed E-state index contributed by atoms with van der Waals surface area (Å²) in [5.41, 5.74) is 7.53. The van der Waals surface area contributed by atoms with Crippen molar-refractivity contribution in [2.45, 2.75) is 13.2 Å². The molecule has 2 rings (SSSR count). The van der Waals surface area contributed by atoms with E-state index in [2.05, 4.69) is 4.98 Å². The molecule has 1 aromatic carbocycles. The number of aromatic nitrogens is 1. The van der Waals surface area contributed by atoms with E-state index in [1.165, 1.54) is 6.07 Å². The lowest BCUT2D eigenvalue weighted by Gasteiger charge is -2.05. The molecule has 4 heteroatoms. The molecule has 3 nitrogen and oxygen atoms in total. The minimum Gasteiger partial charge on any atom is -0.399 e. The van der Waals surface area contributed by atoms with Crippen LogP contribution in [-0.4, -0.2) is 4.98 Å². The Morgan fingerprint density at radius 2 is 2.00 bits per heavy atom. The van der Waals surface area contributed by atoms with Crippen molar-refractivity contribution in [3.8, 4) is 0 Å². The minimum atomic E-state index is -0.256. The Hall–Kier alpha value is -1.94. The van der Waals surface area contributed by atoms with Crippen molar-refractivity contribution >= 4 is 5.69 Å². The van der Waals surface area contributed by atoms with Gasteiger partial charge in [0.1, 0.15) is 5.82 Å². The molecule has 0 aliphatic rings. The Kier molecular flexibility index (Phi) is 3.67. The molecule has 0 bridgehead atoms. The largest absolute Gasteiger partial charge is 0.399 e. The zero-order valence-corrected chi connectivity index (χ0v) is 9.27. The van der Waals surface area contributed by atoms with Gasteiger partial charge in [-0.25, -0.2) is 4.39 Å². The van der Waals surface area contributed by atoms with Crippen molar-refractivity contribution in [1.82, 2.24) is 4.98 Å². The molecular weight excluding hydrogens is 219 g/mol. The summed E-state index contributed by atoms with van der Waals surface area (Å²) in [5.74, 6) is -0.256. The Morgan fingerprint density at radius 1 is 1.18 bits per heavy atom. The van der Waals surface area contributed by atoms with Crippen LogP contribution in [0.15, 0.2) is 42.6 Å². The number of hydrogen-bond donors (Lipinski definition) is 1. The van der Waals surface area contributed by atoms with Gasteiger partial charge in [0.2, 0.25) is 0 Å². The summed E-state index contributed by atoms with van der Waals surface area (Å²) in [6.07, 6.45) is 1.62. The number of halogens is 1. The number of nitrogens with two attached hydrogens (primary N) is 1. The Morgan fingerprint density at radius 3 is 2.76 bits per heavy atom. The fourth-order valence-electron chi connectivity index (χ4n) is 1.46. The van der Waals surface area contributed by atoms with Crippen LogP contribution in [0.5, 0.6) is 0 Å². The Balaban J connectivity index is 1.90. The smallest absolute Gasteiger partial charge is 0.128 e. The van der Waals surface area contributed by atoms with E-state index in [-0.39, 0.29) is 12.4 Å². The van der Waals surface area contributed by atoms with E-state index < -0.39 is 0 Å². The SMILES string of the molecule is Nc1ccnc(COCc2ccccc2F)c1. The normalized spacial score (nSPS) is 10.4. The quantitative estimate of drug-likeness (QED) is 0.881. The van der Waals surface area contributed by atoms with Gasteiger partial charge in [0.25, 0.3) is 0 Å². The summed E-state index contributed by atoms with van der Waals surface area (Å²) in [7, 11) is 0. The molecule has 0 radical (unpaired) electrons. The van der Waals surface area contributed by atoms with Crippen LogP contribution in [0, 0.1) is 5.82 Å². The number of benzene rings is 1. The summed E-state index contributed by atoms with van der Waals surface area (Å²) >= 11 is 0. The van der Waals surface area contributed by atoms with Gasteiger partial charge in [0.05, 0.1) is 18.9 Å². The third-order valence-electron chi connectivity index (χ3n) is 2.31. The van der Waals surface area contributed by atoms with Gasteiger partial charge in [-0.3, -0.25) is 4.98 Å². The van der Waals surface area contributed by atoms with Crippen molar-refractivity contribution in [3.63, 3.8) is 0 Å². The van der Waals surface area contributed by atoms with Gasteiger partial charge in [0, 0.05) is 17.4 Å². The van der Waals surface area contributed by atoms with Crippen LogP contribution in [-0.2, 0) is 18.0 Å². The standard InChI is InChI=1S/C13H13FN2O/c14-13-4-2-1-3-10(13)8-17-9-12-7-11(15)5-6-16-12/h1-7H,8-9H2,(H2,15,16). The van der Waals surface area contributed by atoms with E-state index in [4.69, 9.17) is 10.5 Å². The lowest BCUT2D eigenvalue weighted by atomic mass is 10.2. The van der Waals surface area contributed by atoms with Crippen molar-refractivity contribution in [3.05, 3.63) is 59.7 Å². The third kappa shape index (κ3) is 3.26. The van der Waals surface area contributed by atoms with Crippen molar-refractivity contribution in [2.24, 2.45) is 0 Å². The highest BCUT2D eigenvalue weighted by Gasteiger charge is 2.01. The van der Waals surface area contributed by atoms with E-state index >= 15 is 0 Å². The average molecular weight is 232 g/mol. The number of nitrogen functional groups attached to an aromatic ring is 1. The molecule has 0 unspecified atom stereocenters. The van der Waals surface area contributed by atoms with Crippen LogP contribution in [0.1, 0.15) is 11.3 Å². The first-order valence-corrected chi connectivity index (χ1v) is 5.27. The molecule has 0 aliphatic carbocycles. The van der Waals surface area contributed by atoms with Gasteiger partial charge in [-0.2, -0.15) is 0 Å². The summed E-state index contributed by atoms with van der Waals surface area (Å²) in [4.78, 5) is 4.09. The molecule has 1 aromatic heterocycles. The van der Waals surface area contributed by atoms with Crippen LogP contribution in [0.4, 0.5) is 10.1 Å². The zero-order valence-electron chi connectivity index (χ0n) is 9.27. The number of hydrogen-bond acceptors (Lipinski definition) is 3. The number of anilines is 1. The second-order valence-corrected chi connectivity index (χ2v) is 3.66. The molecule has 0 saturated heterocycles. The number of pyridine rings is 1. The first kappa shape index (κ1) is 11.5. The molecule has 17 heavy (non-hydrogen) atoms. The molecule has 0 fully saturated rings. The maximum absolute atomic E-state index is 13.3. The van der Waals surface area contributed by atoms with Crippen LogP contribution in [0.3, 0.4) is 0 Å². The topological polar surface area (TPSA) is 48.1 Å². The molecule has 88 valence electrons. The highest BCUT2D eigenvalue weighted by molar-refractivity contribution is 5.36. The van der Waals surface area contributed by atoms with E-state index in [1.807, 2.05) is 0 Å². The van der Waals surface area contributed by atoms with Gasteiger partial charge in [0.15, 0.2) is 0 Å². The summed E-state index contributed by atoms with van der Waals surface area (Å²) in [6, 6.07) is 9.99. The maximum Gasteiger partial charge on any atom is 0.128 e. The predicted octanol–water partition coefficient (Wildman–Crippen LogP) is 2.52. The van der Waals surface area contributed by atoms with E-state index in [9.17, 15) is 4.39 Å². The van der Waals surface area contributed by atoms with E-state index in [0.717, 1.165) is 5.69 Å². The maximum atomic E-state index is 13.3. The molecule has 0 saturated carbocycles. The average Bonchev–Trinajstić information content (AvgIpc) is 2.32. The fraction of sp³-hybridized carbons (Fsp3) is 0.154. The van der Waals surface area contributed by atoms with Crippen LogP contribution in [0.2, 0.25) is 0 Å². The van der Waals surface area contributed by atoms with Crippen molar-refractivity contribution in [1.29, 1.82) is 0 Å². The monoisotopic (exact) mass is 232 g/mol. The highest BCUT2D eigenvalue weighted by atomic mass is 19.1. The van der Waals surface area contributed by atoms with Gasteiger partial charge < -0.3 is 10.5 Å². The molecule has 0 amide bonds. The fourth-order valence-corrected chi connectivity index (χ4v) is 1.46. The number of nitrogens with zero attached hydrogens (tertiary/aromatic N) is 1. The van der Waals surface area contributed by atoms with Crippen LogP contribution >= 0.6 is 0 Å².